The number of fused-ring (bicyclic) bond motifs is 3. The molecule has 0 radical (unpaired) electrons. The SMILES string of the molecule is CNc1c(Nc2ccc(C(C)(C)C)cc2)c2ccccc2c2ccccc12. The second-order valence-corrected chi connectivity index (χ2v) is 8.04. The van der Waals surface area contributed by atoms with Crippen molar-refractivity contribution >= 4 is 38.6 Å². The van der Waals surface area contributed by atoms with Crippen molar-refractivity contribution in [3.8, 4) is 0 Å². The van der Waals surface area contributed by atoms with E-state index in [-0.39, 0.29) is 5.41 Å². The van der Waals surface area contributed by atoms with Gasteiger partial charge in [0.25, 0.3) is 0 Å². The third-order valence-electron chi connectivity index (χ3n) is 5.20. The van der Waals surface area contributed by atoms with Gasteiger partial charge in [0.2, 0.25) is 0 Å². The van der Waals surface area contributed by atoms with E-state index < -0.39 is 0 Å². The Bertz CT molecular complexity index is 1100. The van der Waals surface area contributed by atoms with Crippen LogP contribution in [-0.4, -0.2) is 7.05 Å². The van der Waals surface area contributed by atoms with Gasteiger partial charge in [-0.05, 0) is 33.9 Å². The number of hydrogen-bond acceptors (Lipinski definition) is 2. The number of rotatable bonds is 3. The number of hydrogen-bond donors (Lipinski definition) is 2. The Labute approximate surface area is 161 Å². The smallest absolute Gasteiger partial charge is 0.0706 e. The van der Waals surface area contributed by atoms with E-state index in [2.05, 4.69) is 104 Å². The van der Waals surface area contributed by atoms with E-state index in [4.69, 9.17) is 0 Å². The average Bonchev–Trinajstić information content (AvgIpc) is 2.68. The first-order valence-corrected chi connectivity index (χ1v) is 9.48. The first-order chi connectivity index (χ1) is 13.0. The summed E-state index contributed by atoms with van der Waals surface area (Å²) in [7, 11) is 1.99. The van der Waals surface area contributed by atoms with E-state index in [0.717, 1.165) is 17.1 Å². The van der Waals surface area contributed by atoms with Gasteiger partial charge in [-0.3, -0.25) is 0 Å². The summed E-state index contributed by atoms with van der Waals surface area (Å²) in [6, 6.07) is 25.9. The number of benzene rings is 4. The van der Waals surface area contributed by atoms with Gasteiger partial charge in [-0.15, -0.1) is 0 Å². The van der Waals surface area contributed by atoms with Gasteiger partial charge >= 0.3 is 0 Å². The first kappa shape index (κ1) is 17.4. The normalized spacial score (nSPS) is 11.7. The third kappa shape index (κ3) is 3.12. The first-order valence-electron chi connectivity index (χ1n) is 9.48. The van der Waals surface area contributed by atoms with Crippen LogP contribution in [0.5, 0.6) is 0 Å². The molecule has 0 aliphatic rings. The lowest BCUT2D eigenvalue weighted by Gasteiger charge is -2.21. The highest BCUT2D eigenvalue weighted by atomic mass is 14.9. The zero-order valence-electron chi connectivity index (χ0n) is 16.4. The maximum atomic E-state index is 3.67. The molecule has 2 heteroatoms. The van der Waals surface area contributed by atoms with Gasteiger partial charge in [0.15, 0.2) is 0 Å². The molecule has 2 N–H and O–H groups in total. The molecule has 27 heavy (non-hydrogen) atoms. The Balaban J connectivity index is 1.90. The van der Waals surface area contributed by atoms with E-state index in [9.17, 15) is 0 Å². The summed E-state index contributed by atoms with van der Waals surface area (Å²) in [5.74, 6) is 0. The molecule has 0 heterocycles. The molecule has 4 aromatic rings. The molecule has 0 fully saturated rings. The second kappa shape index (κ2) is 6.62. The van der Waals surface area contributed by atoms with Crippen molar-refractivity contribution in [1.82, 2.24) is 0 Å². The van der Waals surface area contributed by atoms with Crippen LogP contribution in [0.2, 0.25) is 0 Å². The van der Waals surface area contributed by atoms with Crippen LogP contribution in [0.1, 0.15) is 26.3 Å². The molecule has 0 saturated heterocycles. The van der Waals surface area contributed by atoms with Crippen LogP contribution in [0.25, 0.3) is 21.5 Å². The van der Waals surface area contributed by atoms with Crippen LogP contribution in [0.15, 0.2) is 72.8 Å². The standard InChI is InChI=1S/C25H26N2/c1-25(2,3)17-13-15-18(16-14-17)27-24-22-12-8-6-10-20(22)19-9-5-7-11-21(19)23(24)26-4/h5-16,26-27H,1-4H3. The lowest BCUT2D eigenvalue weighted by atomic mass is 9.87. The van der Waals surface area contributed by atoms with Gasteiger partial charge in [-0.1, -0.05) is 81.4 Å². The molecule has 0 aromatic heterocycles. The van der Waals surface area contributed by atoms with Gasteiger partial charge in [-0.25, -0.2) is 0 Å². The van der Waals surface area contributed by atoms with Gasteiger partial charge in [0, 0.05) is 23.5 Å². The maximum Gasteiger partial charge on any atom is 0.0706 e. The van der Waals surface area contributed by atoms with Crippen LogP contribution >= 0.6 is 0 Å². The molecule has 0 spiro atoms. The van der Waals surface area contributed by atoms with Gasteiger partial charge < -0.3 is 10.6 Å². The Kier molecular flexibility index (Phi) is 4.27. The molecular formula is C25H26N2. The summed E-state index contributed by atoms with van der Waals surface area (Å²) in [4.78, 5) is 0. The molecule has 0 atom stereocenters. The molecule has 0 saturated carbocycles. The highest BCUT2D eigenvalue weighted by molar-refractivity contribution is 6.20. The fourth-order valence-corrected chi connectivity index (χ4v) is 3.73. The minimum atomic E-state index is 0.157. The van der Waals surface area contributed by atoms with Crippen molar-refractivity contribution in [2.75, 3.05) is 17.7 Å². The van der Waals surface area contributed by atoms with Crippen LogP contribution in [-0.2, 0) is 5.41 Å². The summed E-state index contributed by atoms with van der Waals surface area (Å²) < 4.78 is 0. The maximum absolute atomic E-state index is 3.67. The van der Waals surface area contributed by atoms with Crippen molar-refractivity contribution < 1.29 is 0 Å². The van der Waals surface area contributed by atoms with E-state index in [1.807, 2.05) is 7.05 Å². The monoisotopic (exact) mass is 354 g/mol. The van der Waals surface area contributed by atoms with Crippen molar-refractivity contribution in [2.45, 2.75) is 26.2 Å². The van der Waals surface area contributed by atoms with Crippen molar-refractivity contribution in [2.24, 2.45) is 0 Å². The minimum Gasteiger partial charge on any atom is -0.386 e. The Morgan fingerprint density at radius 2 is 1.07 bits per heavy atom. The second-order valence-electron chi connectivity index (χ2n) is 8.04. The highest BCUT2D eigenvalue weighted by Crippen LogP contribution is 2.41. The lowest BCUT2D eigenvalue weighted by Crippen LogP contribution is -2.10. The molecule has 4 rings (SSSR count). The van der Waals surface area contributed by atoms with Gasteiger partial charge in [0.05, 0.1) is 11.4 Å². The molecule has 2 nitrogen and oxygen atoms in total. The van der Waals surface area contributed by atoms with Crippen molar-refractivity contribution in [3.05, 3.63) is 78.4 Å². The predicted octanol–water partition coefficient (Wildman–Crippen LogP) is 7.08. The van der Waals surface area contributed by atoms with Gasteiger partial charge in [-0.2, -0.15) is 0 Å². The lowest BCUT2D eigenvalue weighted by molar-refractivity contribution is 0.590. The molecule has 4 aromatic carbocycles. The van der Waals surface area contributed by atoms with Crippen LogP contribution in [0.4, 0.5) is 17.1 Å². The summed E-state index contributed by atoms with van der Waals surface area (Å²) in [6.45, 7) is 6.72. The van der Waals surface area contributed by atoms with Crippen LogP contribution in [0, 0.1) is 0 Å². The zero-order chi connectivity index (χ0) is 19.0. The van der Waals surface area contributed by atoms with E-state index in [1.54, 1.807) is 0 Å². The average molecular weight is 354 g/mol. The molecular weight excluding hydrogens is 328 g/mol. The molecule has 0 unspecified atom stereocenters. The fourth-order valence-electron chi connectivity index (χ4n) is 3.73. The highest BCUT2D eigenvalue weighted by Gasteiger charge is 2.15. The molecule has 0 amide bonds. The Morgan fingerprint density at radius 3 is 1.56 bits per heavy atom. The largest absolute Gasteiger partial charge is 0.386 e. The molecule has 0 aliphatic heterocycles. The van der Waals surface area contributed by atoms with E-state index >= 15 is 0 Å². The topological polar surface area (TPSA) is 24.1 Å². The number of anilines is 3. The van der Waals surface area contributed by atoms with Crippen molar-refractivity contribution in [3.63, 3.8) is 0 Å². The summed E-state index contributed by atoms with van der Waals surface area (Å²) in [5, 5.41) is 12.1. The van der Waals surface area contributed by atoms with E-state index in [0.29, 0.717) is 0 Å². The summed E-state index contributed by atoms with van der Waals surface area (Å²) in [6.07, 6.45) is 0. The fraction of sp³-hybridized carbons (Fsp3) is 0.200. The third-order valence-corrected chi connectivity index (χ3v) is 5.20. The zero-order valence-corrected chi connectivity index (χ0v) is 16.4. The van der Waals surface area contributed by atoms with Crippen LogP contribution in [0.3, 0.4) is 0 Å². The van der Waals surface area contributed by atoms with Crippen LogP contribution < -0.4 is 10.6 Å². The quantitative estimate of drug-likeness (QED) is 0.303. The molecule has 0 bridgehead atoms. The Hall–Kier alpha value is -3.00. The summed E-state index contributed by atoms with van der Waals surface area (Å²) in [5.41, 5.74) is 4.84. The molecule has 136 valence electrons. The van der Waals surface area contributed by atoms with Crippen molar-refractivity contribution in [1.29, 1.82) is 0 Å². The Morgan fingerprint density at radius 1 is 0.593 bits per heavy atom. The minimum absolute atomic E-state index is 0.157. The summed E-state index contributed by atoms with van der Waals surface area (Å²) >= 11 is 0. The van der Waals surface area contributed by atoms with Gasteiger partial charge in [0.1, 0.15) is 0 Å². The van der Waals surface area contributed by atoms with E-state index in [1.165, 1.54) is 27.1 Å². The predicted molar refractivity (Wildman–Crippen MR) is 119 cm³/mol. The number of nitrogens with one attached hydrogen (secondary N) is 2. The molecule has 0 aliphatic carbocycles.